The van der Waals surface area contributed by atoms with Crippen LogP contribution >= 0.6 is 0 Å². The zero-order valence-electron chi connectivity index (χ0n) is 22.4. The predicted molar refractivity (Wildman–Crippen MR) is 150 cm³/mol. The molecule has 10 heteroatoms. The number of hydrogen-bond acceptors (Lipinski definition) is 7. The highest BCUT2D eigenvalue weighted by atomic mass is 16.6. The van der Waals surface area contributed by atoms with Crippen LogP contribution in [0.4, 0.5) is 10.5 Å². The van der Waals surface area contributed by atoms with Crippen LogP contribution in [0.3, 0.4) is 0 Å². The van der Waals surface area contributed by atoms with E-state index in [-0.39, 0.29) is 23.8 Å². The Bertz CT molecular complexity index is 1820. The second kappa shape index (κ2) is 9.18. The van der Waals surface area contributed by atoms with Crippen molar-refractivity contribution in [1.29, 1.82) is 0 Å². The number of piperazine rings is 1. The van der Waals surface area contributed by atoms with Gasteiger partial charge in [0.15, 0.2) is 5.65 Å². The molecule has 1 spiro atoms. The smallest absolute Gasteiger partial charge is 0.410 e. The Balaban J connectivity index is 1.11. The molecule has 5 heterocycles. The van der Waals surface area contributed by atoms with Crippen LogP contribution in [0.5, 0.6) is 0 Å². The van der Waals surface area contributed by atoms with Crippen LogP contribution in [-0.4, -0.2) is 60.1 Å². The number of fused-ring (bicyclic) bond motifs is 2. The standard InChI is InChI=1S/C30H29N7O3/c1-20-14-25(33-37-16-21(2)31-28(20)37)24-15-27(38)35-17-23(8-9-26(35)32-24)34-12-13-36(30(19-34)10-11-30)29(39)40-18-22-6-4-3-5-7-22/h3-9,14-17H,10-13,18-19H2,1-2H3. The van der Waals surface area contributed by atoms with Crippen molar-refractivity contribution < 1.29 is 9.53 Å². The summed E-state index contributed by atoms with van der Waals surface area (Å²) in [5, 5.41) is 4.63. The highest BCUT2D eigenvalue weighted by molar-refractivity contribution is 5.71. The van der Waals surface area contributed by atoms with E-state index in [0.29, 0.717) is 36.7 Å². The summed E-state index contributed by atoms with van der Waals surface area (Å²) in [6, 6.07) is 17.0. The molecular weight excluding hydrogens is 506 g/mol. The van der Waals surface area contributed by atoms with Crippen molar-refractivity contribution in [3.05, 3.63) is 94.2 Å². The Kier molecular flexibility index (Phi) is 5.58. The van der Waals surface area contributed by atoms with Crippen molar-refractivity contribution in [2.75, 3.05) is 24.5 Å². The molecule has 202 valence electrons. The minimum atomic E-state index is -0.264. The maximum atomic E-state index is 13.2. The topological polar surface area (TPSA) is 97.3 Å². The average molecular weight is 536 g/mol. The van der Waals surface area contributed by atoms with Gasteiger partial charge >= 0.3 is 6.09 Å². The Morgan fingerprint density at radius 2 is 1.80 bits per heavy atom. The van der Waals surface area contributed by atoms with E-state index in [1.54, 1.807) is 8.92 Å². The van der Waals surface area contributed by atoms with Crippen LogP contribution < -0.4 is 10.5 Å². The van der Waals surface area contributed by atoms with Gasteiger partial charge in [-0.25, -0.2) is 19.3 Å². The van der Waals surface area contributed by atoms with Gasteiger partial charge in [-0.1, -0.05) is 30.3 Å². The fourth-order valence-corrected chi connectivity index (χ4v) is 5.63. The lowest BCUT2D eigenvalue weighted by molar-refractivity contribution is 0.0702. The molecule has 2 aliphatic rings. The minimum Gasteiger partial charge on any atom is -0.445 e. The molecule has 0 radical (unpaired) electrons. The molecule has 1 saturated heterocycles. The molecule has 0 atom stereocenters. The number of rotatable bonds is 4. The fourth-order valence-electron chi connectivity index (χ4n) is 5.63. The second-order valence-corrected chi connectivity index (χ2v) is 10.8. The Hall–Kier alpha value is -4.73. The molecule has 1 aliphatic heterocycles. The van der Waals surface area contributed by atoms with Crippen LogP contribution in [0.25, 0.3) is 22.7 Å². The van der Waals surface area contributed by atoms with Gasteiger partial charge in [-0.2, -0.15) is 5.10 Å². The summed E-state index contributed by atoms with van der Waals surface area (Å²) in [6.07, 6.45) is 5.32. The molecule has 1 aliphatic carbocycles. The lowest BCUT2D eigenvalue weighted by atomic mass is 10.1. The Morgan fingerprint density at radius 3 is 2.60 bits per heavy atom. The summed E-state index contributed by atoms with van der Waals surface area (Å²) in [5.41, 5.74) is 5.84. The summed E-state index contributed by atoms with van der Waals surface area (Å²) >= 11 is 0. The van der Waals surface area contributed by atoms with E-state index in [1.807, 2.05) is 79.7 Å². The molecule has 4 aromatic heterocycles. The van der Waals surface area contributed by atoms with E-state index in [0.717, 1.165) is 41.0 Å². The number of amides is 1. The van der Waals surface area contributed by atoms with Crippen molar-refractivity contribution >= 4 is 23.1 Å². The quantitative estimate of drug-likeness (QED) is 0.343. The average Bonchev–Trinajstić information content (AvgIpc) is 3.60. The van der Waals surface area contributed by atoms with Crippen molar-refractivity contribution in [2.45, 2.75) is 38.8 Å². The van der Waals surface area contributed by atoms with E-state index >= 15 is 0 Å². The summed E-state index contributed by atoms with van der Waals surface area (Å²) < 4.78 is 8.95. The van der Waals surface area contributed by atoms with Crippen molar-refractivity contribution in [2.24, 2.45) is 0 Å². The number of carbonyl (C=O) groups is 1. The van der Waals surface area contributed by atoms with Crippen LogP contribution in [0.1, 0.15) is 29.7 Å². The minimum absolute atomic E-state index is 0.174. The summed E-state index contributed by atoms with van der Waals surface area (Å²) in [7, 11) is 0. The van der Waals surface area contributed by atoms with Crippen molar-refractivity contribution in [3.63, 3.8) is 0 Å². The largest absolute Gasteiger partial charge is 0.445 e. The zero-order chi connectivity index (χ0) is 27.4. The third-order valence-corrected chi connectivity index (χ3v) is 7.91. The molecule has 2 fully saturated rings. The molecule has 10 nitrogen and oxygen atoms in total. The first kappa shape index (κ1) is 24.3. The molecule has 1 saturated carbocycles. The zero-order valence-corrected chi connectivity index (χ0v) is 22.4. The van der Waals surface area contributed by atoms with Crippen LogP contribution in [0.2, 0.25) is 0 Å². The van der Waals surface area contributed by atoms with Crippen LogP contribution in [-0.2, 0) is 11.3 Å². The van der Waals surface area contributed by atoms with Crippen LogP contribution in [0, 0.1) is 13.8 Å². The number of aryl methyl sites for hydroxylation is 2. The number of carbonyl (C=O) groups excluding carboxylic acids is 1. The highest BCUT2D eigenvalue weighted by Gasteiger charge is 2.54. The third-order valence-electron chi connectivity index (χ3n) is 7.91. The number of hydrogen-bond donors (Lipinski definition) is 0. The van der Waals surface area contributed by atoms with E-state index in [2.05, 4.69) is 15.0 Å². The summed E-state index contributed by atoms with van der Waals surface area (Å²) in [4.78, 5) is 39.6. The number of pyridine rings is 1. The number of anilines is 1. The third kappa shape index (κ3) is 4.25. The van der Waals surface area contributed by atoms with Crippen molar-refractivity contribution in [1.82, 2.24) is 28.9 Å². The number of imidazole rings is 1. The summed E-state index contributed by atoms with van der Waals surface area (Å²) in [6.45, 7) is 6.09. The molecular formula is C30H29N7O3. The maximum Gasteiger partial charge on any atom is 0.410 e. The molecule has 0 N–H and O–H groups in total. The van der Waals surface area contributed by atoms with Gasteiger partial charge in [0, 0.05) is 31.9 Å². The van der Waals surface area contributed by atoms with Gasteiger partial charge in [0.25, 0.3) is 5.56 Å². The fraction of sp³-hybridized carbons (Fsp3) is 0.300. The number of benzene rings is 1. The Morgan fingerprint density at radius 1 is 0.975 bits per heavy atom. The number of nitrogens with zero attached hydrogens (tertiary/aromatic N) is 7. The lowest BCUT2D eigenvalue weighted by Gasteiger charge is -2.42. The normalized spacial score (nSPS) is 16.1. The lowest BCUT2D eigenvalue weighted by Crippen LogP contribution is -2.57. The predicted octanol–water partition coefficient (Wildman–Crippen LogP) is 4.01. The molecule has 0 unspecified atom stereocenters. The van der Waals surface area contributed by atoms with E-state index in [1.165, 1.54) is 6.07 Å². The van der Waals surface area contributed by atoms with Gasteiger partial charge in [0.1, 0.15) is 17.9 Å². The summed E-state index contributed by atoms with van der Waals surface area (Å²) in [5.74, 6) is 0. The first-order chi connectivity index (χ1) is 19.4. The highest BCUT2D eigenvalue weighted by Crippen LogP contribution is 2.45. The molecule has 5 aromatic rings. The first-order valence-corrected chi connectivity index (χ1v) is 13.5. The molecule has 7 rings (SSSR count). The van der Waals surface area contributed by atoms with Gasteiger partial charge in [-0.3, -0.25) is 14.1 Å². The van der Waals surface area contributed by atoms with Gasteiger partial charge in [0.05, 0.1) is 28.8 Å². The molecule has 1 amide bonds. The van der Waals surface area contributed by atoms with Gasteiger partial charge < -0.3 is 9.64 Å². The SMILES string of the molecule is Cc1cn2nc(-c3cc(=O)n4cc(N5CCN(C(=O)OCc6ccccc6)C6(CC6)C5)ccc4n3)cc(C)c2n1. The monoisotopic (exact) mass is 535 g/mol. The van der Waals surface area contributed by atoms with E-state index in [4.69, 9.17) is 9.72 Å². The van der Waals surface area contributed by atoms with Crippen molar-refractivity contribution in [3.8, 4) is 11.4 Å². The van der Waals surface area contributed by atoms with E-state index in [9.17, 15) is 9.59 Å². The number of aromatic nitrogens is 5. The Labute approximate surface area is 230 Å². The number of ether oxygens (including phenoxy) is 1. The maximum absolute atomic E-state index is 13.2. The van der Waals surface area contributed by atoms with Gasteiger partial charge in [-0.15, -0.1) is 0 Å². The first-order valence-electron chi connectivity index (χ1n) is 13.5. The van der Waals surface area contributed by atoms with E-state index < -0.39 is 0 Å². The molecule has 1 aromatic carbocycles. The second-order valence-electron chi connectivity index (χ2n) is 10.8. The molecule has 40 heavy (non-hydrogen) atoms. The van der Waals surface area contributed by atoms with Gasteiger partial charge in [-0.05, 0) is 56.0 Å². The molecule has 0 bridgehead atoms. The van der Waals surface area contributed by atoms with Gasteiger partial charge in [0.2, 0.25) is 0 Å². The van der Waals surface area contributed by atoms with Crippen LogP contribution in [0.15, 0.2) is 71.8 Å².